The number of sulfonamides is 1. The number of aliphatic hydroxyl groups is 1. The topological polar surface area (TPSA) is 95.4 Å². The van der Waals surface area contributed by atoms with Crippen LogP contribution in [0.1, 0.15) is 5.56 Å². The van der Waals surface area contributed by atoms with Crippen LogP contribution in [0.2, 0.25) is 0 Å². The number of rotatable bonds is 7. The molecule has 2 aromatic rings. The Labute approximate surface area is 143 Å². The van der Waals surface area contributed by atoms with E-state index < -0.39 is 10.0 Å². The zero-order valence-corrected chi connectivity index (χ0v) is 14.9. The maximum Gasteiger partial charge on any atom is 0.243 e. The van der Waals surface area contributed by atoms with Crippen molar-refractivity contribution in [2.24, 2.45) is 0 Å². The molecule has 0 fully saturated rings. The number of halogens is 1. The molecule has 7 nitrogen and oxygen atoms in total. The molecule has 0 unspecified atom stereocenters. The zero-order chi connectivity index (χ0) is 16.9. The minimum atomic E-state index is -3.66. The SMILES string of the molecule is CN(CCO)S(=O)(=O)c1ccccc1CNc1ncc(Br)cn1. The Balaban J connectivity index is 2.22. The average Bonchev–Trinajstić information content (AvgIpc) is 2.55. The predicted molar refractivity (Wildman–Crippen MR) is 90.4 cm³/mol. The van der Waals surface area contributed by atoms with Crippen molar-refractivity contribution in [2.75, 3.05) is 25.5 Å². The zero-order valence-electron chi connectivity index (χ0n) is 12.5. The Kier molecular flexibility index (Phi) is 6.05. The molecule has 124 valence electrons. The number of aromatic nitrogens is 2. The molecule has 0 spiro atoms. The van der Waals surface area contributed by atoms with Crippen molar-refractivity contribution in [2.45, 2.75) is 11.4 Å². The number of likely N-dealkylation sites (N-methyl/N-ethyl adjacent to an activating group) is 1. The van der Waals surface area contributed by atoms with Crippen molar-refractivity contribution in [3.63, 3.8) is 0 Å². The van der Waals surface area contributed by atoms with Gasteiger partial charge >= 0.3 is 0 Å². The van der Waals surface area contributed by atoms with Gasteiger partial charge < -0.3 is 10.4 Å². The fourth-order valence-electron chi connectivity index (χ4n) is 1.91. The molecule has 0 atom stereocenters. The van der Waals surface area contributed by atoms with Gasteiger partial charge in [0, 0.05) is 32.5 Å². The van der Waals surface area contributed by atoms with Gasteiger partial charge in [0.2, 0.25) is 16.0 Å². The lowest BCUT2D eigenvalue weighted by Gasteiger charge is -2.18. The van der Waals surface area contributed by atoms with E-state index in [1.807, 2.05) is 0 Å². The third-order valence-corrected chi connectivity index (χ3v) is 5.50. The summed E-state index contributed by atoms with van der Waals surface area (Å²) in [5.74, 6) is 0.407. The summed E-state index contributed by atoms with van der Waals surface area (Å²) in [4.78, 5) is 8.37. The van der Waals surface area contributed by atoms with Crippen molar-refractivity contribution in [3.05, 3.63) is 46.7 Å². The maximum absolute atomic E-state index is 12.5. The summed E-state index contributed by atoms with van der Waals surface area (Å²) in [6.07, 6.45) is 3.21. The second-order valence-electron chi connectivity index (χ2n) is 4.74. The summed E-state index contributed by atoms with van der Waals surface area (Å²) in [7, 11) is -2.22. The van der Waals surface area contributed by atoms with Crippen molar-refractivity contribution in [1.29, 1.82) is 0 Å². The first-order chi connectivity index (χ1) is 10.9. The van der Waals surface area contributed by atoms with Crippen LogP contribution in [0.3, 0.4) is 0 Å². The third-order valence-electron chi connectivity index (χ3n) is 3.13. The van der Waals surface area contributed by atoms with E-state index in [0.717, 1.165) is 8.78 Å². The van der Waals surface area contributed by atoms with Gasteiger partial charge in [-0.3, -0.25) is 0 Å². The highest BCUT2D eigenvalue weighted by molar-refractivity contribution is 9.10. The Bertz CT molecular complexity index is 753. The first-order valence-electron chi connectivity index (χ1n) is 6.81. The lowest BCUT2D eigenvalue weighted by Crippen LogP contribution is -2.30. The highest BCUT2D eigenvalue weighted by atomic mass is 79.9. The number of nitrogens with one attached hydrogen (secondary N) is 1. The molecule has 2 rings (SSSR count). The molecular weight excluding hydrogens is 384 g/mol. The minimum absolute atomic E-state index is 0.0416. The lowest BCUT2D eigenvalue weighted by atomic mass is 10.2. The lowest BCUT2D eigenvalue weighted by molar-refractivity contribution is 0.266. The molecule has 0 aliphatic rings. The van der Waals surface area contributed by atoms with Gasteiger partial charge in [-0.2, -0.15) is 4.31 Å². The Morgan fingerprint density at radius 1 is 1.26 bits per heavy atom. The number of anilines is 1. The van der Waals surface area contributed by atoms with E-state index in [2.05, 4.69) is 31.2 Å². The molecule has 2 N–H and O–H groups in total. The second-order valence-corrected chi connectivity index (χ2v) is 7.67. The van der Waals surface area contributed by atoms with Crippen molar-refractivity contribution in [3.8, 4) is 0 Å². The van der Waals surface area contributed by atoms with Gasteiger partial charge in [-0.15, -0.1) is 0 Å². The van der Waals surface area contributed by atoms with Gasteiger partial charge in [0.1, 0.15) is 0 Å². The quantitative estimate of drug-likeness (QED) is 0.730. The average molecular weight is 401 g/mol. The van der Waals surface area contributed by atoms with E-state index in [4.69, 9.17) is 5.11 Å². The van der Waals surface area contributed by atoms with E-state index in [-0.39, 0.29) is 24.6 Å². The molecule has 1 heterocycles. The molecule has 0 saturated carbocycles. The number of hydrogen-bond acceptors (Lipinski definition) is 6. The van der Waals surface area contributed by atoms with Crippen molar-refractivity contribution >= 4 is 31.9 Å². The molecule has 0 aliphatic carbocycles. The first-order valence-corrected chi connectivity index (χ1v) is 9.05. The van der Waals surface area contributed by atoms with Crippen LogP contribution in [-0.4, -0.2) is 48.0 Å². The van der Waals surface area contributed by atoms with Gasteiger partial charge in [0.15, 0.2) is 0 Å². The Hall–Kier alpha value is -1.55. The molecule has 23 heavy (non-hydrogen) atoms. The molecule has 1 aromatic heterocycles. The molecular formula is C14H17BrN4O3S. The maximum atomic E-state index is 12.5. The van der Waals surface area contributed by atoms with Crippen molar-refractivity contribution < 1.29 is 13.5 Å². The minimum Gasteiger partial charge on any atom is -0.395 e. The van der Waals surface area contributed by atoms with Crippen LogP contribution >= 0.6 is 15.9 Å². The Morgan fingerprint density at radius 3 is 2.57 bits per heavy atom. The van der Waals surface area contributed by atoms with Crippen LogP contribution in [0.25, 0.3) is 0 Å². The molecule has 0 bridgehead atoms. The summed E-state index contributed by atoms with van der Waals surface area (Å²) in [6.45, 7) is 0.0762. The van der Waals surface area contributed by atoms with E-state index in [1.54, 1.807) is 36.7 Å². The van der Waals surface area contributed by atoms with Crippen LogP contribution in [0.5, 0.6) is 0 Å². The number of nitrogens with zero attached hydrogens (tertiary/aromatic N) is 3. The predicted octanol–water partition coefficient (Wildman–Crippen LogP) is 1.46. The molecule has 0 amide bonds. The van der Waals surface area contributed by atoms with Gasteiger partial charge in [-0.1, -0.05) is 18.2 Å². The molecule has 1 aromatic carbocycles. The molecule has 0 radical (unpaired) electrons. The third kappa shape index (κ3) is 4.47. The monoisotopic (exact) mass is 400 g/mol. The fraction of sp³-hybridized carbons (Fsp3) is 0.286. The van der Waals surface area contributed by atoms with Gasteiger partial charge in [0.25, 0.3) is 0 Å². The van der Waals surface area contributed by atoms with Crippen LogP contribution in [-0.2, 0) is 16.6 Å². The van der Waals surface area contributed by atoms with Gasteiger partial charge in [0.05, 0.1) is 16.0 Å². The van der Waals surface area contributed by atoms with Crippen LogP contribution in [0.4, 0.5) is 5.95 Å². The van der Waals surface area contributed by atoms with E-state index in [1.165, 1.54) is 7.05 Å². The summed E-state index contributed by atoms with van der Waals surface area (Å²) < 4.78 is 27.0. The standard InChI is InChI=1S/C14H17BrN4O3S/c1-19(6-7-20)23(21,22)13-5-3-2-4-11(13)8-16-14-17-9-12(15)10-18-14/h2-5,9-10,20H,6-8H2,1H3,(H,16,17,18). The first kappa shape index (κ1) is 17.8. The normalized spacial score (nSPS) is 11.7. The van der Waals surface area contributed by atoms with Crippen LogP contribution in [0.15, 0.2) is 46.0 Å². The van der Waals surface area contributed by atoms with Gasteiger partial charge in [-0.05, 0) is 27.6 Å². The number of benzene rings is 1. The molecule has 0 aliphatic heterocycles. The van der Waals surface area contributed by atoms with Crippen molar-refractivity contribution in [1.82, 2.24) is 14.3 Å². The number of hydrogen-bond donors (Lipinski definition) is 2. The molecule has 9 heteroatoms. The highest BCUT2D eigenvalue weighted by Crippen LogP contribution is 2.20. The van der Waals surface area contributed by atoms with Crippen LogP contribution in [0, 0.1) is 0 Å². The summed E-state index contributed by atoms with van der Waals surface area (Å²) in [6, 6.07) is 6.71. The second kappa shape index (κ2) is 7.82. The van der Waals surface area contributed by atoms with E-state index in [9.17, 15) is 8.42 Å². The summed E-state index contributed by atoms with van der Waals surface area (Å²) in [5.41, 5.74) is 0.601. The smallest absolute Gasteiger partial charge is 0.243 e. The van der Waals surface area contributed by atoms with Gasteiger partial charge in [-0.25, -0.2) is 18.4 Å². The number of aliphatic hydroxyl groups excluding tert-OH is 1. The summed E-state index contributed by atoms with van der Waals surface area (Å²) in [5, 5.41) is 11.9. The van der Waals surface area contributed by atoms with E-state index >= 15 is 0 Å². The fourth-order valence-corrected chi connectivity index (χ4v) is 3.49. The Morgan fingerprint density at radius 2 is 1.91 bits per heavy atom. The molecule has 0 saturated heterocycles. The largest absolute Gasteiger partial charge is 0.395 e. The summed E-state index contributed by atoms with van der Waals surface area (Å²) >= 11 is 3.25. The highest BCUT2D eigenvalue weighted by Gasteiger charge is 2.23. The van der Waals surface area contributed by atoms with E-state index in [0.29, 0.717) is 11.5 Å². The van der Waals surface area contributed by atoms with Crippen LogP contribution < -0.4 is 5.32 Å².